The Hall–Kier alpha value is -1.92. The molecule has 0 N–H and O–H groups in total. The standard InChI is InChI=1S/C16H20F3NO3/c1-5-22-13-7-11-9-20(14(21)23-15(2,3)4)8-10(11)6-12(13)16(17,18)19/h6-7H,5,8-9H2,1-4H3. The molecule has 1 aliphatic heterocycles. The van der Waals surface area contributed by atoms with E-state index in [1.54, 1.807) is 27.7 Å². The van der Waals surface area contributed by atoms with Crippen LogP contribution in [0.25, 0.3) is 0 Å². The van der Waals surface area contributed by atoms with Gasteiger partial charge in [0.25, 0.3) is 0 Å². The lowest BCUT2D eigenvalue weighted by molar-refractivity contribution is -0.139. The number of halogens is 3. The second-order valence-corrected chi connectivity index (χ2v) is 6.38. The van der Waals surface area contributed by atoms with Gasteiger partial charge in [0, 0.05) is 13.1 Å². The SMILES string of the molecule is CCOc1cc2c(cc1C(F)(F)F)CN(C(=O)OC(C)(C)C)C2. The minimum absolute atomic E-state index is 0.0970. The molecular formula is C16H20F3NO3. The molecule has 23 heavy (non-hydrogen) atoms. The van der Waals surface area contributed by atoms with Gasteiger partial charge in [0.1, 0.15) is 11.4 Å². The molecule has 0 saturated heterocycles. The Balaban J connectivity index is 2.27. The van der Waals surface area contributed by atoms with Crippen molar-refractivity contribution < 1.29 is 27.4 Å². The number of fused-ring (bicyclic) bond motifs is 1. The molecule has 2 rings (SSSR count). The highest BCUT2D eigenvalue weighted by Crippen LogP contribution is 2.40. The number of amides is 1. The summed E-state index contributed by atoms with van der Waals surface area (Å²) in [5, 5.41) is 0. The average molecular weight is 331 g/mol. The lowest BCUT2D eigenvalue weighted by Gasteiger charge is -2.24. The predicted octanol–water partition coefficient (Wildman–Crippen LogP) is 4.35. The van der Waals surface area contributed by atoms with E-state index in [1.807, 2.05) is 0 Å². The summed E-state index contributed by atoms with van der Waals surface area (Å²) < 4.78 is 49.8. The summed E-state index contributed by atoms with van der Waals surface area (Å²) in [4.78, 5) is 13.5. The van der Waals surface area contributed by atoms with Crippen LogP contribution in [0.2, 0.25) is 0 Å². The summed E-state index contributed by atoms with van der Waals surface area (Å²) in [5.41, 5.74) is -0.359. The normalized spacial score (nSPS) is 14.7. The number of hydrogen-bond donors (Lipinski definition) is 0. The Morgan fingerprint density at radius 3 is 2.22 bits per heavy atom. The number of carbonyl (C=O) groups excluding carboxylic acids is 1. The van der Waals surface area contributed by atoms with Gasteiger partial charge in [-0.3, -0.25) is 4.90 Å². The third-order valence-electron chi connectivity index (χ3n) is 3.28. The molecule has 1 aliphatic rings. The van der Waals surface area contributed by atoms with Crippen molar-refractivity contribution in [2.75, 3.05) is 6.61 Å². The molecule has 0 saturated carbocycles. The van der Waals surface area contributed by atoms with Gasteiger partial charge in [-0.1, -0.05) is 0 Å². The van der Waals surface area contributed by atoms with Crippen molar-refractivity contribution in [2.24, 2.45) is 0 Å². The summed E-state index contributed by atoms with van der Waals surface area (Å²) >= 11 is 0. The van der Waals surface area contributed by atoms with Crippen LogP contribution in [-0.2, 0) is 24.0 Å². The first-order chi connectivity index (χ1) is 10.5. The summed E-state index contributed by atoms with van der Waals surface area (Å²) in [6, 6.07) is 2.43. The van der Waals surface area contributed by atoms with Crippen LogP contribution < -0.4 is 4.74 Å². The van der Waals surface area contributed by atoms with Crippen molar-refractivity contribution in [3.63, 3.8) is 0 Å². The fourth-order valence-corrected chi connectivity index (χ4v) is 2.38. The molecule has 1 aromatic carbocycles. The van der Waals surface area contributed by atoms with Gasteiger partial charge in [0.05, 0.1) is 12.2 Å². The Morgan fingerprint density at radius 1 is 1.17 bits per heavy atom. The van der Waals surface area contributed by atoms with Crippen LogP contribution >= 0.6 is 0 Å². The molecule has 0 bridgehead atoms. The number of rotatable bonds is 2. The molecule has 0 radical (unpaired) electrons. The number of ether oxygens (including phenoxy) is 2. The van der Waals surface area contributed by atoms with Crippen LogP contribution in [0, 0.1) is 0 Å². The zero-order chi connectivity index (χ0) is 17.4. The van der Waals surface area contributed by atoms with Gasteiger partial charge in [0.15, 0.2) is 0 Å². The van der Waals surface area contributed by atoms with Crippen molar-refractivity contribution >= 4 is 6.09 Å². The molecule has 4 nitrogen and oxygen atoms in total. The van der Waals surface area contributed by atoms with Crippen LogP contribution in [-0.4, -0.2) is 23.2 Å². The van der Waals surface area contributed by atoms with E-state index in [9.17, 15) is 18.0 Å². The first-order valence-electron chi connectivity index (χ1n) is 7.35. The number of carbonyl (C=O) groups is 1. The lowest BCUT2D eigenvalue weighted by atomic mass is 10.0. The van der Waals surface area contributed by atoms with Gasteiger partial charge in [-0.25, -0.2) is 4.79 Å². The fraction of sp³-hybridized carbons (Fsp3) is 0.562. The molecule has 128 valence electrons. The van der Waals surface area contributed by atoms with Crippen LogP contribution in [0.4, 0.5) is 18.0 Å². The summed E-state index contributed by atoms with van der Waals surface area (Å²) in [6.45, 7) is 7.29. The molecule has 1 heterocycles. The van der Waals surface area contributed by atoms with Gasteiger partial charge < -0.3 is 9.47 Å². The van der Waals surface area contributed by atoms with E-state index in [-0.39, 0.29) is 25.4 Å². The topological polar surface area (TPSA) is 38.8 Å². The maximum absolute atomic E-state index is 13.1. The van der Waals surface area contributed by atoms with Gasteiger partial charge in [-0.05, 0) is 51.0 Å². The van der Waals surface area contributed by atoms with E-state index in [4.69, 9.17) is 9.47 Å². The van der Waals surface area contributed by atoms with Gasteiger partial charge in [-0.2, -0.15) is 13.2 Å². The van der Waals surface area contributed by atoms with E-state index in [1.165, 1.54) is 11.0 Å². The molecular weight excluding hydrogens is 311 g/mol. The van der Waals surface area contributed by atoms with Crippen molar-refractivity contribution in [1.29, 1.82) is 0 Å². The monoisotopic (exact) mass is 331 g/mol. The highest BCUT2D eigenvalue weighted by Gasteiger charge is 2.37. The molecule has 0 aromatic heterocycles. The lowest BCUT2D eigenvalue weighted by Crippen LogP contribution is -2.33. The van der Waals surface area contributed by atoms with E-state index < -0.39 is 23.4 Å². The minimum Gasteiger partial charge on any atom is -0.493 e. The molecule has 0 spiro atoms. The van der Waals surface area contributed by atoms with E-state index in [0.29, 0.717) is 11.1 Å². The second-order valence-electron chi connectivity index (χ2n) is 6.38. The maximum Gasteiger partial charge on any atom is 0.419 e. The largest absolute Gasteiger partial charge is 0.493 e. The van der Waals surface area contributed by atoms with Crippen molar-refractivity contribution in [2.45, 2.75) is 52.6 Å². The van der Waals surface area contributed by atoms with Gasteiger partial charge >= 0.3 is 12.3 Å². The second kappa shape index (κ2) is 5.94. The number of hydrogen-bond acceptors (Lipinski definition) is 3. The predicted molar refractivity (Wildman–Crippen MR) is 78.1 cm³/mol. The Labute approximate surface area is 133 Å². The average Bonchev–Trinajstić information content (AvgIpc) is 2.78. The smallest absolute Gasteiger partial charge is 0.419 e. The first-order valence-corrected chi connectivity index (χ1v) is 7.35. The van der Waals surface area contributed by atoms with E-state index in [2.05, 4.69) is 0 Å². The quantitative estimate of drug-likeness (QED) is 0.808. The van der Waals surface area contributed by atoms with Crippen molar-refractivity contribution in [3.05, 3.63) is 28.8 Å². The third-order valence-corrected chi connectivity index (χ3v) is 3.28. The highest BCUT2D eigenvalue weighted by atomic mass is 19.4. The zero-order valence-electron chi connectivity index (χ0n) is 13.6. The van der Waals surface area contributed by atoms with Gasteiger partial charge in [-0.15, -0.1) is 0 Å². The summed E-state index contributed by atoms with van der Waals surface area (Å²) in [6.07, 6.45) is -5.04. The Kier molecular flexibility index (Phi) is 4.50. The number of benzene rings is 1. The molecule has 0 atom stereocenters. The van der Waals surface area contributed by atoms with E-state index in [0.717, 1.165) is 6.07 Å². The molecule has 1 amide bonds. The summed E-state index contributed by atoms with van der Waals surface area (Å²) in [5.74, 6) is -0.204. The first kappa shape index (κ1) is 17.4. The van der Waals surface area contributed by atoms with Gasteiger partial charge in [0.2, 0.25) is 0 Å². The van der Waals surface area contributed by atoms with Crippen molar-refractivity contribution in [1.82, 2.24) is 4.90 Å². The molecule has 0 fully saturated rings. The fourth-order valence-electron chi connectivity index (χ4n) is 2.38. The number of nitrogens with zero attached hydrogens (tertiary/aromatic N) is 1. The number of alkyl halides is 3. The Morgan fingerprint density at radius 2 is 1.74 bits per heavy atom. The van der Waals surface area contributed by atoms with Crippen molar-refractivity contribution in [3.8, 4) is 5.75 Å². The zero-order valence-corrected chi connectivity index (χ0v) is 13.6. The van der Waals surface area contributed by atoms with Crippen LogP contribution in [0.1, 0.15) is 44.4 Å². The highest BCUT2D eigenvalue weighted by molar-refractivity contribution is 5.69. The molecule has 0 aliphatic carbocycles. The molecule has 0 unspecified atom stereocenters. The molecule has 7 heteroatoms. The third kappa shape index (κ3) is 4.09. The minimum atomic E-state index is -4.50. The van der Waals surface area contributed by atoms with E-state index >= 15 is 0 Å². The van der Waals surface area contributed by atoms with Crippen LogP contribution in [0.3, 0.4) is 0 Å². The maximum atomic E-state index is 13.1. The van der Waals surface area contributed by atoms with Crippen LogP contribution in [0.15, 0.2) is 12.1 Å². The van der Waals surface area contributed by atoms with Crippen LogP contribution in [0.5, 0.6) is 5.75 Å². The Bertz CT molecular complexity index is 606. The molecule has 1 aromatic rings. The summed E-state index contributed by atoms with van der Waals surface area (Å²) in [7, 11) is 0.